The van der Waals surface area contributed by atoms with Crippen molar-refractivity contribution >= 4 is 45.9 Å². The summed E-state index contributed by atoms with van der Waals surface area (Å²) in [6.45, 7) is 1.61. The predicted molar refractivity (Wildman–Crippen MR) is 107 cm³/mol. The molecule has 0 radical (unpaired) electrons. The Morgan fingerprint density at radius 1 is 1.17 bits per heavy atom. The van der Waals surface area contributed by atoms with Gasteiger partial charge in [0.05, 0.1) is 28.9 Å². The molecule has 0 unspecified atom stereocenters. The van der Waals surface area contributed by atoms with Crippen LogP contribution in [-0.2, 0) is 16.1 Å². The number of nitrogens with one attached hydrogen (secondary N) is 2. The topological polar surface area (TPSA) is 102 Å². The van der Waals surface area contributed by atoms with E-state index in [0.717, 1.165) is 10.6 Å². The standard InChI is InChI=1S/C19H16ClFN4O4/c1-2-29-17(26)9-25-10-22-16-6-4-11(7-13(16)18(25)27)23-19(28)24-12-3-5-15(21)14(20)8-12/h3-8,10H,2,9H2,1H3,(H2,23,24,28). The quantitative estimate of drug-likeness (QED) is 0.618. The Morgan fingerprint density at radius 3 is 2.55 bits per heavy atom. The van der Waals surface area contributed by atoms with Crippen molar-refractivity contribution in [3.8, 4) is 0 Å². The third-order valence-electron chi connectivity index (χ3n) is 3.86. The number of halogens is 2. The van der Waals surface area contributed by atoms with E-state index in [1.54, 1.807) is 19.1 Å². The molecule has 0 fully saturated rings. The maximum Gasteiger partial charge on any atom is 0.326 e. The minimum Gasteiger partial charge on any atom is -0.465 e. The molecular weight excluding hydrogens is 403 g/mol. The van der Waals surface area contributed by atoms with Gasteiger partial charge in [0.15, 0.2) is 0 Å². The number of ether oxygens (including phenoxy) is 1. The molecule has 2 amide bonds. The Morgan fingerprint density at radius 2 is 1.86 bits per heavy atom. The summed E-state index contributed by atoms with van der Waals surface area (Å²) in [6, 6.07) is 7.74. The molecule has 2 aromatic carbocycles. The first kappa shape index (κ1) is 20.3. The average Bonchev–Trinajstić information content (AvgIpc) is 2.67. The van der Waals surface area contributed by atoms with Crippen molar-refractivity contribution in [2.24, 2.45) is 0 Å². The van der Waals surface area contributed by atoms with Crippen LogP contribution in [0, 0.1) is 5.82 Å². The Bertz CT molecular complexity index is 1150. The Kier molecular flexibility index (Phi) is 6.08. The van der Waals surface area contributed by atoms with Gasteiger partial charge in [0.25, 0.3) is 5.56 Å². The van der Waals surface area contributed by atoms with Crippen LogP contribution in [0.5, 0.6) is 0 Å². The van der Waals surface area contributed by atoms with Gasteiger partial charge in [-0.25, -0.2) is 14.2 Å². The summed E-state index contributed by atoms with van der Waals surface area (Å²) < 4.78 is 19.2. The summed E-state index contributed by atoms with van der Waals surface area (Å²) in [7, 11) is 0. The molecule has 1 aromatic heterocycles. The fourth-order valence-corrected chi connectivity index (χ4v) is 2.74. The fourth-order valence-electron chi connectivity index (χ4n) is 2.56. The van der Waals surface area contributed by atoms with E-state index < -0.39 is 23.4 Å². The monoisotopic (exact) mass is 418 g/mol. The van der Waals surface area contributed by atoms with Gasteiger partial charge in [-0.2, -0.15) is 0 Å². The van der Waals surface area contributed by atoms with Gasteiger partial charge in [-0.1, -0.05) is 11.6 Å². The van der Waals surface area contributed by atoms with Crippen molar-refractivity contribution in [2.45, 2.75) is 13.5 Å². The molecule has 3 rings (SSSR count). The van der Waals surface area contributed by atoms with E-state index in [2.05, 4.69) is 15.6 Å². The van der Waals surface area contributed by atoms with E-state index >= 15 is 0 Å². The largest absolute Gasteiger partial charge is 0.465 e. The third kappa shape index (κ3) is 4.88. The molecule has 0 aliphatic heterocycles. The van der Waals surface area contributed by atoms with Crippen molar-refractivity contribution in [3.63, 3.8) is 0 Å². The number of fused-ring (bicyclic) bond motifs is 1. The van der Waals surface area contributed by atoms with Crippen LogP contribution >= 0.6 is 11.6 Å². The number of benzene rings is 2. The van der Waals surface area contributed by atoms with Gasteiger partial charge in [-0.05, 0) is 43.3 Å². The first-order valence-electron chi connectivity index (χ1n) is 8.55. The van der Waals surface area contributed by atoms with Crippen LogP contribution in [0.2, 0.25) is 5.02 Å². The second kappa shape index (κ2) is 8.70. The van der Waals surface area contributed by atoms with Crippen molar-refractivity contribution in [1.29, 1.82) is 0 Å². The summed E-state index contributed by atoms with van der Waals surface area (Å²) >= 11 is 5.69. The van der Waals surface area contributed by atoms with Gasteiger partial charge in [0, 0.05) is 11.4 Å². The zero-order chi connectivity index (χ0) is 21.0. The number of hydrogen-bond acceptors (Lipinski definition) is 5. The molecule has 0 bridgehead atoms. The molecule has 29 heavy (non-hydrogen) atoms. The number of carbonyl (C=O) groups is 2. The fraction of sp³-hybridized carbons (Fsp3) is 0.158. The molecule has 8 nitrogen and oxygen atoms in total. The zero-order valence-corrected chi connectivity index (χ0v) is 16.0. The van der Waals surface area contributed by atoms with Crippen LogP contribution in [0.3, 0.4) is 0 Å². The number of anilines is 2. The number of amides is 2. The van der Waals surface area contributed by atoms with E-state index in [4.69, 9.17) is 16.3 Å². The lowest BCUT2D eigenvalue weighted by molar-refractivity contribution is -0.143. The van der Waals surface area contributed by atoms with E-state index in [0.29, 0.717) is 16.9 Å². The zero-order valence-electron chi connectivity index (χ0n) is 15.2. The molecule has 3 aromatic rings. The molecule has 0 saturated heterocycles. The first-order chi connectivity index (χ1) is 13.9. The second-order valence-corrected chi connectivity index (χ2v) is 6.33. The highest BCUT2D eigenvalue weighted by molar-refractivity contribution is 6.31. The molecule has 150 valence electrons. The van der Waals surface area contributed by atoms with E-state index in [9.17, 15) is 18.8 Å². The number of nitrogens with zero attached hydrogens (tertiary/aromatic N) is 2. The molecular formula is C19H16ClFN4O4. The van der Waals surface area contributed by atoms with Gasteiger partial charge in [-0.15, -0.1) is 0 Å². The minimum atomic E-state index is -0.609. The predicted octanol–water partition coefficient (Wildman–Crippen LogP) is 3.40. The maximum atomic E-state index is 13.2. The third-order valence-corrected chi connectivity index (χ3v) is 4.15. The van der Waals surface area contributed by atoms with Crippen molar-refractivity contribution in [1.82, 2.24) is 9.55 Å². The smallest absolute Gasteiger partial charge is 0.326 e. The van der Waals surface area contributed by atoms with Crippen LogP contribution in [-0.4, -0.2) is 28.2 Å². The Labute approximate surface area is 169 Å². The molecule has 0 aliphatic carbocycles. The molecule has 2 N–H and O–H groups in total. The van der Waals surface area contributed by atoms with Gasteiger partial charge in [0.2, 0.25) is 0 Å². The molecule has 10 heteroatoms. The highest BCUT2D eigenvalue weighted by atomic mass is 35.5. The number of rotatable bonds is 5. The summed E-state index contributed by atoms with van der Waals surface area (Å²) in [6.07, 6.45) is 1.26. The molecule has 0 spiro atoms. The highest BCUT2D eigenvalue weighted by Gasteiger charge is 2.11. The lowest BCUT2D eigenvalue weighted by Crippen LogP contribution is -2.26. The second-order valence-electron chi connectivity index (χ2n) is 5.92. The summed E-state index contributed by atoms with van der Waals surface area (Å²) in [5.74, 6) is -1.15. The van der Waals surface area contributed by atoms with Crippen LogP contribution in [0.1, 0.15) is 6.92 Å². The van der Waals surface area contributed by atoms with Crippen molar-refractivity contribution in [2.75, 3.05) is 17.2 Å². The lowest BCUT2D eigenvalue weighted by atomic mass is 10.2. The van der Waals surface area contributed by atoms with Gasteiger partial charge < -0.3 is 15.4 Å². The summed E-state index contributed by atoms with van der Waals surface area (Å²) in [5.41, 5.74) is 0.591. The molecule has 0 atom stereocenters. The van der Waals surface area contributed by atoms with Gasteiger partial charge in [0.1, 0.15) is 12.4 Å². The van der Waals surface area contributed by atoms with E-state index in [1.807, 2.05) is 0 Å². The van der Waals surface area contributed by atoms with Gasteiger partial charge in [-0.3, -0.25) is 14.2 Å². The Hall–Kier alpha value is -3.46. The average molecular weight is 419 g/mol. The summed E-state index contributed by atoms with van der Waals surface area (Å²) in [5, 5.41) is 5.18. The first-order valence-corrected chi connectivity index (χ1v) is 8.93. The van der Waals surface area contributed by atoms with Crippen molar-refractivity contribution < 1.29 is 18.7 Å². The van der Waals surface area contributed by atoms with Gasteiger partial charge >= 0.3 is 12.0 Å². The van der Waals surface area contributed by atoms with E-state index in [1.165, 1.54) is 24.5 Å². The number of hydrogen-bond donors (Lipinski definition) is 2. The number of aromatic nitrogens is 2. The minimum absolute atomic E-state index is 0.123. The van der Waals surface area contributed by atoms with Crippen LogP contribution < -0.4 is 16.2 Å². The molecule has 1 heterocycles. The Balaban J connectivity index is 1.79. The van der Waals surface area contributed by atoms with E-state index in [-0.39, 0.29) is 23.6 Å². The normalized spacial score (nSPS) is 10.6. The SMILES string of the molecule is CCOC(=O)Cn1cnc2ccc(NC(=O)Nc3ccc(F)c(Cl)c3)cc2c1=O. The number of urea groups is 1. The maximum absolute atomic E-state index is 13.2. The summed E-state index contributed by atoms with van der Waals surface area (Å²) in [4.78, 5) is 40.5. The van der Waals surface area contributed by atoms with Crippen LogP contribution in [0.25, 0.3) is 10.9 Å². The molecule has 0 aliphatic rings. The van der Waals surface area contributed by atoms with Crippen LogP contribution in [0.15, 0.2) is 47.5 Å². The van der Waals surface area contributed by atoms with Crippen molar-refractivity contribution in [3.05, 3.63) is 63.9 Å². The highest BCUT2D eigenvalue weighted by Crippen LogP contribution is 2.20. The van der Waals surface area contributed by atoms with Crippen LogP contribution in [0.4, 0.5) is 20.6 Å². The number of carbonyl (C=O) groups excluding carboxylic acids is 2. The number of esters is 1. The lowest BCUT2D eigenvalue weighted by Gasteiger charge is -2.10. The molecule has 0 saturated carbocycles.